The highest BCUT2D eigenvalue weighted by molar-refractivity contribution is 7.18. The van der Waals surface area contributed by atoms with Crippen LogP contribution in [-0.4, -0.2) is 58.8 Å². The predicted octanol–water partition coefficient (Wildman–Crippen LogP) is 2.83. The summed E-state index contributed by atoms with van der Waals surface area (Å²) in [6.07, 6.45) is 6.87. The number of amides is 3. The van der Waals surface area contributed by atoms with E-state index in [-0.39, 0.29) is 29.7 Å². The van der Waals surface area contributed by atoms with Crippen LogP contribution >= 0.6 is 11.3 Å². The Morgan fingerprint density at radius 2 is 1.76 bits per heavy atom. The van der Waals surface area contributed by atoms with Crippen LogP contribution < -0.4 is 15.5 Å². The Hall–Kier alpha value is -3.01. The zero-order valence-corrected chi connectivity index (χ0v) is 19.9. The van der Waals surface area contributed by atoms with Crippen molar-refractivity contribution in [1.29, 1.82) is 0 Å². The Balaban J connectivity index is 1.39. The topological polar surface area (TPSA) is 108 Å². The van der Waals surface area contributed by atoms with E-state index in [9.17, 15) is 14.4 Å². The normalized spacial score (nSPS) is 17.6. The highest BCUT2D eigenvalue weighted by Gasteiger charge is 2.30. The summed E-state index contributed by atoms with van der Waals surface area (Å²) < 4.78 is 0. The molecule has 2 aromatic rings. The molecule has 33 heavy (non-hydrogen) atoms. The van der Waals surface area contributed by atoms with Gasteiger partial charge in [0.15, 0.2) is 10.9 Å². The fourth-order valence-corrected chi connectivity index (χ4v) is 5.34. The number of hydrogen-bond acceptors (Lipinski definition) is 7. The maximum absolute atomic E-state index is 13.0. The van der Waals surface area contributed by atoms with E-state index in [2.05, 4.69) is 25.5 Å². The fraction of sp³-hybridized carbons (Fsp3) is 0.522. The highest BCUT2D eigenvalue weighted by Crippen LogP contribution is 2.34. The molecule has 3 amide bonds. The zero-order valence-electron chi connectivity index (χ0n) is 19.0. The van der Waals surface area contributed by atoms with Gasteiger partial charge in [0, 0.05) is 51.4 Å². The molecule has 9 nitrogen and oxygen atoms in total. The number of thiazole rings is 1. The average molecular weight is 471 g/mol. The van der Waals surface area contributed by atoms with E-state index in [1.807, 2.05) is 24.0 Å². The molecule has 4 heterocycles. The summed E-state index contributed by atoms with van der Waals surface area (Å²) in [5.74, 6) is 0.0128. The van der Waals surface area contributed by atoms with Crippen LogP contribution in [0.1, 0.15) is 60.8 Å². The molecule has 2 fully saturated rings. The molecule has 4 rings (SSSR count). The number of likely N-dealkylation sites (tertiary alicyclic amines) is 1. The number of carbonyl (C=O) groups is 3. The largest absolute Gasteiger partial charge is 0.349 e. The molecule has 2 aliphatic heterocycles. The van der Waals surface area contributed by atoms with Crippen LogP contribution in [0.3, 0.4) is 0 Å². The summed E-state index contributed by atoms with van der Waals surface area (Å²) in [5, 5.41) is 6.54. The molecule has 0 spiro atoms. The van der Waals surface area contributed by atoms with Gasteiger partial charge >= 0.3 is 0 Å². The standard InChI is InChI=1S/C23H30N6O3S/c1-15(17-5-9-24-10-6-17)25-21(31)18-7-13-29(14-8-18)23-27-20(26-16(2)30)19(33-23)22(32)28-11-3-4-12-28/h5-6,9-10,15,18H,3-4,7-8,11-14H2,1-2H3,(H,25,31)(H,26,30)/t15-/m0/s1. The molecule has 0 saturated carbocycles. The number of aromatic nitrogens is 2. The molecule has 2 aliphatic rings. The molecule has 2 N–H and O–H groups in total. The van der Waals surface area contributed by atoms with E-state index in [1.54, 1.807) is 12.4 Å². The maximum Gasteiger partial charge on any atom is 0.267 e. The van der Waals surface area contributed by atoms with Gasteiger partial charge in [-0.25, -0.2) is 4.98 Å². The molecule has 0 radical (unpaired) electrons. The summed E-state index contributed by atoms with van der Waals surface area (Å²) in [5.41, 5.74) is 1.03. The van der Waals surface area contributed by atoms with Crippen LogP contribution in [0.25, 0.3) is 0 Å². The SMILES string of the molecule is CC(=O)Nc1nc(N2CCC(C(=O)N[C@@H](C)c3ccncc3)CC2)sc1C(=O)N1CCCC1. The van der Waals surface area contributed by atoms with Crippen molar-refractivity contribution in [2.75, 3.05) is 36.4 Å². The third-order valence-electron chi connectivity index (χ3n) is 6.20. The lowest BCUT2D eigenvalue weighted by Crippen LogP contribution is -2.41. The van der Waals surface area contributed by atoms with Crippen molar-refractivity contribution in [3.8, 4) is 0 Å². The maximum atomic E-state index is 13.0. The van der Waals surface area contributed by atoms with Crippen molar-refractivity contribution in [2.24, 2.45) is 5.92 Å². The smallest absolute Gasteiger partial charge is 0.267 e. The molecule has 2 aromatic heterocycles. The highest BCUT2D eigenvalue weighted by atomic mass is 32.1. The number of pyridine rings is 1. The molecule has 10 heteroatoms. The molecular formula is C23H30N6O3S. The summed E-state index contributed by atoms with van der Waals surface area (Å²) in [6.45, 7) is 6.22. The molecule has 176 valence electrons. The molecule has 2 saturated heterocycles. The van der Waals surface area contributed by atoms with Gasteiger partial charge in [-0.15, -0.1) is 0 Å². The van der Waals surface area contributed by atoms with Crippen molar-refractivity contribution in [3.63, 3.8) is 0 Å². The molecular weight excluding hydrogens is 440 g/mol. The first-order chi connectivity index (χ1) is 15.9. The van der Waals surface area contributed by atoms with Gasteiger partial charge in [0.05, 0.1) is 6.04 Å². The molecule has 0 aliphatic carbocycles. The summed E-state index contributed by atoms with van der Waals surface area (Å²) >= 11 is 1.32. The van der Waals surface area contributed by atoms with Crippen molar-refractivity contribution in [2.45, 2.75) is 45.6 Å². The van der Waals surface area contributed by atoms with E-state index in [1.165, 1.54) is 18.3 Å². The quantitative estimate of drug-likeness (QED) is 0.672. The van der Waals surface area contributed by atoms with Crippen LogP contribution in [-0.2, 0) is 9.59 Å². The lowest BCUT2D eigenvalue weighted by atomic mass is 9.95. The number of nitrogens with one attached hydrogen (secondary N) is 2. The summed E-state index contributed by atoms with van der Waals surface area (Å²) in [4.78, 5) is 50.4. The number of piperidine rings is 1. The second kappa shape index (κ2) is 10.3. The first-order valence-corrected chi connectivity index (χ1v) is 12.3. The number of rotatable bonds is 6. The molecule has 0 bridgehead atoms. The Labute approximate surface area is 197 Å². The van der Waals surface area contributed by atoms with Gasteiger partial charge in [-0.3, -0.25) is 19.4 Å². The first kappa shape index (κ1) is 23.2. The lowest BCUT2D eigenvalue weighted by Gasteiger charge is -2.31. The van der Waals surface area contributed by atoms with Crippen molar-refractivity contribution in [3.05, 3.63) is 35.0 Å². The minimum absolute atomic E-state index is 0.0573. The minimum Gasteiger partial charge on any atom is -0.349 e. The monoisotopic (exact) mass is 470 g/mol. The zero-order chi connectivity index (χ0) is 23.4. The Bertz CT molecular complexity index is 997. The van der Waals surface area contributed by atoms with Gasteiger partial charge in [0.2, 0.25) is 11.8 Å². The summed E-state index contributed by atoms with van der Waals surface area (Å²) in [6, 6.07) is 3.74. The van der Waals surface area contributed by atoms with Gasteiger partial charge in [0.1, 0.15) is 4.88 Å². The number of nitrogens with zero attached hydrogens (tertiary/aromatic N) is 4. The Morgan fingerprint density at radius 1 is 1.09 bits per heavy atom. The summed E-state index contributed by atoms with van der Waals surface area (Å²) in [7, 11) is 0. The third-order valence-corrected chi connectivity index (χ3v) is 7.30. The van der Waals surface area contributed by atoms with Crippen LogP contribution in [0.4, 0.5) is 10.9 Å². The van der Waals surface area contributed by atoms with E-state index < -0.39 is 0 Å². The lowest BCUT2D eigenvalue weighted by molar-refractivity contribution is -0.126. The Kier molecular flexibility index (Phi) is 7.22. The van der Waals surface area contributed by atoms with Gasteiger partial charge in [-0.05, 0) is 50.3 Å². The molecule has 1 atom stereocenters. The van der Waals surface area contributed by atoms with Gasteiger partial charge in [-0.2, -0.15) is 0 Å². The van der Waals surface area contributed by atoms with E-state index >= 15 is 0 Å². The van der Waals surface area contributed by atoms with Crippen LogP contribution in [0.5, 0.6) is 0 Å². The second-order valence-electron chi connectivity index (χ2n) is 8.63. The number of hydrogen-bond donors (Lipinski definition) is 2. The molecule has 0 unspecified atom stereocenters. The van der Waals surface area contributed by atoms with E-state index in [0.717, 1.165) is 31.5 Å². The predicted molar refractivity (Wildman–Crippen MR) is 127 cm³/mol. The Morgan fingerprint density at radius 3 is 2.39 bits per heavy atom. The van der Waals surface area contributed by atoms with Gasteiger partial charge in [0.25, 0.3) is 5.91 Å². The fourth-order valence-electron chi connectivity index (χ4n) is 4.30. The van der Waals surface area contributed by atoms with Crippen molar-refractivity contribution < 1.29 is 14.4 Å². The minimum atomic E-state index is -0.249. The van der Waals surface area contributed by atoms with E-state index in [4.69, 9.17) is 0 Å². The van der Waals surface area contributed by atoms with Gasteiger partial charge < -0.3 is 20.4 Å². The molecule has 0 aromatic carbocycles. The second-order valence-corrected chi connectivity index (χ2v) is 9.60. The van der Waals surface area contributed by atoms with Crippen molar-refractivity contribution >= 4 is 40.0 Å². The number of anilines is 2. The van der Waals surface area contributed by atoms with Crippen molar-refractivity contribution in [1.82, 2.24) is 20.2 Å². The number of carbonyl (C=O) groups excluding carboxylic acids is 3. The van der Waals surface area contributed by atoms with Crippen LogP contribution in [0, 0.1) is 5.92 Å². The van der Waals surface area contributed by atoms with Crippen LogP contribution in [0.2, 0.25) is 0 Å². The first-order valence-electron chi connectivity index (χ1n) is 11.5. The van der Waals surface area contributed by atoms with E-state index in [0.29, 0.717) is 41.8 Å². The van der Waals surface area contributed by atoms with Gasteiger partial charge in [-0.1, -0.05) is 11.3 Å². The van der Waals surface area contributed by atoms with Crippen LogP contribution in [0.15, 0.2) is 24.5 Å². The third kappa shape index (κ3) is 5.50. The average Bonchev–Trinajstić information content (AvgIpc) is 3.49.